The topological polar surface area (TPSA) is 192 Å². The molecule has 1 saturated heterocycles. The molecular formula is C50H59ClN8O8S. The molecule has 18 heteroatoms. The second kappa shape index (κ2) is 19.8. The maximum absolute atomic E-state index is 14.0. The number of carbonyl (C=O) groups excluding carboxylic acids is 2. The summed E-state index contributed by atoms with van der Waals surface area (Å²) in [4.78, 5) is 51.7. The molecule has 0 bridgehead atoms. The number of aromatic nitrogens is 2. The number of benzene rings is 3. The summed E-state index contributed by atoms with van der Waals surface area (Å²) in [7, 11) is -4.62. The Hall–Kier alpha value is -6.17. The van der Waals surface area contributed by atoms with Gasteiger partial charge in [0.25, 0.3) is 21.6 Å². The second-order valence-corrected chi connectivity index (χ2v) is 21.7. The van der Waals surface area contributed by atoms with Crippen LogP contribution in [0.4, 0.5) is 21.9 Å². The van der Waals surface area contributed by atoms with Gasteiger partial charge in [0.15, 0.2) is 0 Å². The normalized spacial score (nSPS) is 16.6. The minimum Gasteiger partial charge on any atom is -0.455 e. The monoisotopic (exact) mass is 966 g/mol. The van der Waals surface area contributed by atoms with Gasteiger partial charge in [0, 0.05) is 86.3 Å². The molecule has 0 unspecified atom stereocenters. The molecule has 2 aliphatic carbocycles. The zero-order valence-corrected chi connectivity index (χ0v) is 40.7. The lowest BCUT2D eigenvalue weighted by Gasteiger charge is -2.39. The van der Waals surface area contributed by atoms with E-state index < -0.39 is 43.1 Å². The lowest BCUT2D eigenvalue weighted by atomic mass is 9.72. The van der Waals surface area contributed by atoms with Crippen LogP contribution in [0.2, 0.25) is 5.02 Å². The highest BCUT2D eigenvalue weighted by Crippen LogP contribution is 2.43. The first-order valence-electron chi connectivity index (χ1n) is 23.1. The van der Waals surface area contributed by atoms with Crippen molar-refractivity contribution in [3.63, 3.8) is 0 Å². The lowest BCUT2D eigenvalue weighted by Crippen LogP contribution is -2.47. The first-order valence-corrected chi connectivity index (χ1v) is 25.0. The number of carbonyl (C=O) groups is 2. The van der Waals surface area contributed by atoms with E-state index in [1.165, 1.54) is 41.1 Å². The molecule has 0 spiro atoms. The van der Waals surface area contributed by atoms with Crippen molar-refractivity contribution in [2.45, 2.75) is 89.7 Å². The number of rotatable bonds is 16. The first kappa shape index (κ1) is 48.3. The zero-order valence-electron chi connectivity index (χ0n) is 39.1. The molecule has 2 fully saturated rings. The summed E-state index contributed by atoms with van der Waals surface area (Å²) in [5.74, 6) is -0.544. The van der Waals surface area contributed by atoms with Gasteiger partial charge in [0.1, 0.15) is 28.4 Å². The number of hydrogen-bond acceptors (Lipinski definition) is 12. The van der Waals surface area contributed by atoms with Gasteiger partial charge in [0.2, 0.25) is 0 Å². The van der Waals surface area contributed by atoms with E-state index in [-0.39, 0.29) is 35.0 Å². The highest BCUT2D eigenvalue weighted by Gasteiger charge is 2.35. The summed E-state index contributed by atoms with van der Waals surface area (Å²) in [6.45, 7) is 14.6. The predicted octanol–water partition coefficient (Wildman–Crippen LogP) is 10.0. The number of nitro groups is 1. The first-order chi connectivity index (χ1) is 32.3. The number of nitro benzene ring substituents is 1. The molecule has 3 aliphatic rings. The minimum absolute atomic E-state index is 0.0635. The number of allylic oxidation sites excluding steroid dienone is 1. The van der Waals surface area contributed by atoms with Crippen LogP contribution >= 0.6 is 11.6 Å². The second-order valence-electron chi connectivity index (χ2n) is 19.6. The molecular weight excluding hydrogens is 908 g/mol. The molecule has 1 aliphatic heterocycles. The summed E-state index contributed by atoms with van der Waals surface area (Å²) in [6, 6.07) is 20.3. The average molecular weight is 968 g/mol. The maximum atomic E-state index is 14.0. The molecule has 5 aromatic rings. The van der Waals surface area contributed by atoms with Crippen molar-refractivity contribution in [2.24, 2.45) is 5.41 Å². The van der Waals surface area contributed by atoms with Crippen LogP contribution in [0.5, 0.6) is 11.5 Å². The number of ether oxygens (including phenoxy) is 2. The third-order valence-electron chi connectivity index (χ3n) is 12.6. The highest BCUT2D eigenvalue weighted by molar-refractivity contribution is 7.90. The fourth-order valence-electron chi connectivity index (χ4n) is 8.80. The minimum atomic E-state index is -4.62. The molecule has 16 nitrogen and oxygen atoms in total. The van der Waals surface area contributed by atoms with Gasteiger partial charge in [0.05, 0.1) is 21.6 Å². The summed E-state index contributed by atoms with van der Waals surface area (Å²) < 4.78 is 41.6. The number of nitrogens with zero attached hydrogens (tertiary/aromatic N) is 5. The molecule has 1 saturated carbocycles. The Kier molecular flexibility index (Phi) is 14.1. The number of halogens is 1. The van der Waals surface area contributed by atoms with Gasteiger partial charge in [-0.1, -0.05) is 43.2 Å². The number of pyridine rings is 1. The predicted molar refractivity (Wildman–Crippen MR) is 264 cm³/mol. The number of sulfonamides is 1. The van der Waals surface area contributed by atoms with E-state index >= 15 is 0 Å². The lowest BCUT2D eigenvalue weighted by molar-refractivity contribution is -0.384. The van der Waals surface area contributed by atoms with Crippen LogP contribution in [0.15, 0.2) is 95.7 Å². The Bertz CT molecular complexity index is 2830. The van der Waals surface area contributed by atoms with Crippen LogP contribution in [-0.2, 0) is 14.8 Å². The summed E-state index contributed by atoms with van der Waals surface area (Å²) in [6.07, 6.45) is 8.26. The van der Waals surface area contributed by atoms with E-state index in [0.717, 1.165) is 73.9 Å². The van der Waals surface area contributed by atoms with Crippen molar-refractivity contribution >= 4 is 67.3 Å². The maximum Gasteiger partial charge on any atom is 0.410 e. The van der Waals surface area contributed by atoms with E-state index in [0.29, 0.717) is 37.5 Å². The molecule has 68 heavy (non-hydrogen) atoms. The Balaban J connectivity index is 0.963. The molecule has 2 amide bonds. The van der Waals surface area contributed by atoms with E-state index in [1.807, 2.05) is 18.2 Å². The van der Waals surface area contributed by atoms with E-state index in [9.17, 15) is 28.1 Å². The van der Waals surface area contributed by atoms with Crippen LogP contribution in [0.3, 0.4) is 0 Å². The van der Waals surface area contributed by atoms with Crippen molar-refractivity contribution in [1.29, 1.82) is 0 Å². The number of anilines is 2. The van der Waals surface area contributed by atoms with Crippen molar-refractivity contribution in [1.82, 2.24) is 24.5 Å². The van der Waals surface area contributed by atoms with E-state index in [4.69, 9.17) is 21.1 Å². The van der Waals surface area contributed by atoms with Crippen molar-refractivity contribution < 1.29 is 32.4 Å². The Morgan fingerprint density at radius 2 is 1.76 bits per heavy atom. The smallest absolute Gasteiger partial charge is 0.410 e. The van der Waals surface area contributed by atoms with Crippen LogP contribution in [0, 0.1) is 15.5 Å². The Morgan fingerprint density at radius 3 is 2.47 bits per heavy atom. The van der Waals surface area contributed by atoms with Gasteiger partial charge in [-0.25, -0.2) is 22.9 Å². The summed E-state index contributed by atoms with van der Waals surface area (Å²) >= 11 is 6.25. The molecule has 3 N–H and O–H groups in total. The molecule has 0 radical (unpaired) electrons. The quantitative estimate of drug-likeness (QED) is 0.0482. The van der Waals surface area contributed by atoms with Crippen LogP contribution in [-0.4, -0.2) is 103 Å². The van der Waals surface area contributed by atoms with Gasteiger partial charge < -0.3 is 29.6 Å². The molecule has 0 atom stereocenters. The molecule has 2 aromatic heterocycles. The molecule has 8 rings (SSSR count). The molecule has 3 heterocycles. The number of fused-ring (bicyclic) bond motifs is 1. The van der Waals surface area contributed by atoms with Crippen LogP contribution in [0.25, 0.3) is 16.6 Å². The van der Waals surface area contributed by atoms with Crippen LogP contribution in [0.1, 0.15) is 89.1 Å². The Labute approximate surface area is 402 Å². The number of H-pyrrole nitrogens is 1. The van der Waals surface area contributed by atoms with Crippen molar-refractivity contribution in [3.05, 3.63) is 117 Å². The fraction of sp³-hybridized carbons (Fsp3) is 0.420. The zero-order chi connectivity index (χ0) is 48.4. The average Bonchev–Trinajstić information content (AvgIpc) is 4.01. The SMILES string of the molecule is CC1(C)CCC(CN2CCN(c3ccc(C(=O)NS(=O)(=O)c4ccc(NCCCN(C(=O)OC(C)(C)C)C5CC5)c([N+](=O)[O-])c4)c(Oc4cnc5[nH]ccc5c4)c3)CC2)=C(c2ccc(Cl)cc2)C1. The highest BCUT2D eigenvalue weighted by atomic mass is 35.5. The molecule has 3 aromatic carbocycles. The standard InChI is InChI=1S/C50H59ClN8O8S/c1-49(2,3)67-48(61)58(37-11-12-37)22-6-20-52-43-16-14-40(29-44(43)59(62)63)68(64,65)55-47(60)41-15-13-38(28-45(41)66-39-27-34-18-21-53-46(34)54-31-39)57-25-23-56(24-26-57)32-35-17-19-50(4,5)30-42(35)33-7-9-36(51)10-8-33/h7-10,13-16,18,21,27-29,31,37,52H,6,11-12,17,19-20,22-26,30,32H2,1-5H3,(H,53,54)(H,55,60). The van der Waals surface area contributed by atoms with Crippen LogP contribution < -0.4 is 19.7 Å². The fourth-order valence-corrected chi connectivity index (χ4v) is 9.91. The van der Waals surface area contributed by atoms with Gasteiger partial charge in [-0.15, -0.1) is 0 Å². The van der Waals surface area contributed by atoms with E-state index in [1.54, 1.807) is 50.1 Å². The number of amides is 2. The van der Waals surface area contributed by atoms with Gasteiger partial charge in [-0.05, 0) is 124 Å². The van der Waals surface area contributed by atoms with Crippen molar-refractivity contribution in [3.8, 4) is 11.5 Å². The van der Waals surface area contributed by atoms with Gasteiger partial charge >= 0.3 is 6.09 Å². The number of hydrogen-bond donors (Lipinski definition) is 3. The number of piperazine rings is 1. The number of aromatic amines is 1. The summed E-state index contributed by atoms with van der Waals surface area (Å²) in [5, 5.41) is 16.7. The van der Waals surface area contributed by atoms with Crippen molar-refractivity contribution in [2.75, 3.05) is 56.0 Å². The largest absolute Gasteiger partial charge is 0.455 e. The third kappa shape index (κ3) is 11.9. The molecule has 360 valence electrons. The number of nitrogens with one attached hydrogen (secondary N) is 3. The summed E-state index contributed by atoms with van der Waals surface area (Å²) in [5.41, 5.74) is 4.62. The van der Waals surface area contributed by atoms with E-state index in [2.05, 4.69) is 55.8 Å². The van der Waals surface area contributed by atoms with Gasteiger partial charge in [-0.3, -0.25) is 19.8 Å². The third-order valence-corrected chi connectivity index (χ3v) is 14.1. The Morgan fingerprint density at radius 1 is 1.01 bits per heavy atom. The van der Waals surface area contributed by atoms with Gasteiger partial charge in [-0.2, -0.15) is 0 Å².